The van der Waals surface area contributed by atoms with Crippen LogP contribution in [0.15, 0.2) is 0 Å². The van der Waals surface area contributed by atoms with E-state index in [1.165, 1.54) is 51.4 Å². The van der Waals surface area contributed by atoms with E-state index in [-0.39, 0.29) is 29.9 Å². The summed E-state index contributed by atoms with van der Waals surface area (Å²) in [5.41, 5.74) is -0.0571. The van der Waals surface area contributed by atoms with E-state index in [0.29, 0.717) is 19.4 Å². The first-order chi connectivity index (χ1) is 13.3. The van der Waals surface area contributed by atoms with Crippen molar-refractivity contribution in [3.8, 4) is 0 Å². The Morgan fingerprint density at radius 3 is 1.71 bits per heavy atom. The molecule has 4 heteroatoms. The number of unbranched alkanes of at least 4 members (excludes halogenated alkanes) is 9. The molecular formula is C24H46O4. The minimum absolute atomic E-state index is 0.0571. The molecule has 0 rings (SSSR count). The number of hydrogen-bond acceptors (Lipinski definition) is 4. The Labute approximate surface area is 174 Å². The second kappa shape index (κ2) is 16.9. The van der Waals surface area contributed by atoms with E-state index in [4.69, 9.17) is 9.47 Å². The van der Waals surface area contributed by atoms with Crippen LogP contribution in [-0.4, -0.2) is 24.6 Å². The highest BCUT2D eigenvalue weighted by atomic mass is 16.5. The third kappa shape index (κ3) is 15.9. The number of hydrogen-bond donors (Lipinski definition) is 0. The number of rotatable bonds is 17. The molecule has 0 aliphatic rings. The summed E-state index contributed by atoms with van der Waals surface area (Å²) in [6.45, 7) is 11.0. The monoisotopic (exact) mass is 398 g/mol. The molecule has 0 amide bonds. The van der Waals surface area contributed by atoms with E-state index in [0.717, 1.165) is 19.3 Å². The van der Waals surface area contributed by atoms with E-state index in [2.05, 4.69) is 27.7 Å². The lowest BCUT2D eigenvalue weighted by atomic mass is 9.87. The molecule has 1 atom stereocenters. The van der Waals surface area contributed by atoms with Gasteiger partial charge in [0.2, 0.25) is 0 Å². The summed E-state index contributed by atoms with van der Waals surface area (Å²) < 4.78 is 10.8. The molecule has 0 heterocycles. The van der Waals surface area contributed by atoms with Crippen LogP contribution in [0.4, 0.5) is 0 Å². The molecule has 0 spiro atoms. The Morgan fingerprint density at radius 1 is 0.714 bits per heavy atom. The molecule has 0 aromatic heterocycles. The maximum Gasteiger partial charge on any atom is 0.306 e. The van der Waals surface area contributed by atoms with Gasteiger partial charge in [-0.25, -0.2) is 0 Å². The zero-order valence-corrected chi connectivity index (χ0v) is 19.3. The zero-order valence-electron chi connectivity index (χ0n) is 19.3. The van der Waals surface area contributed by atoms with Crippen LogP contribution in [0.3, 0.4) is 0 Å². The summed E-state index contributed by atoms with van der Waals surface area (Å²) >= 11 is 0. The fourth-order valence-corrected chi connectivity index (χ4v) is 3.31. The lowest BCUT2D eigenvalue weighted by molar-refractivity contribution is -0.155. The van der Waals surface area contributed by atoms with E-state index < -0.39 is 0 Å². The smallest absolute Gasteiger partial charge is 0.306 e. The quantitative estimate of drug-likeness (QED) is 0.196. The average Bonchev–Trinajstić information content (AvgIpc) is 2.63. The minimum atomic E-state index is -0.218. The number of carbonyl (C=O) groups is 2. The summed E-state index contributed by atoms with van der Waals surface area (Å²) in [5.74, 6) is -0.421. The van der Waals surface area contributed by atoms with Gasteiger partial charge in [-0.3, -0.25) is 9.59 Å². The van der Waals surface area contributed by atoms with E-state index in [1.807, 2.05) is 6.92 Å². The van der Waals surface area contributed by atoms with E-state index in [1.54, 1.807) is 0 Å². The predicted molar refractivity (Wildman–Crippen MR) is 116 cm³/mol. The van der Waals surface area contributed by atoms with Gasteiger partial charge in [-0.05, 0) is 24.7 Å². The van der Waals surface area contributed by atoms with Gasteiger partial charge < -0.3 is 9.47 Å². The first-order valence-electron chi connectivity index (χ1n) is 11.7. The molecule has 28 heavy (non-hydrogen) atoms. The van der Waals surface area contributed by atoms with Crippen molar-refractivity contribution in [3.63, 3.8) is 0 Å². The molecule has 0 radical (unpaired) electrons. The number of ether oxygens (including phenoxy) is 2. The molecule has 0 saturated heterocycles. The lowest BCUT2D eigenvalue weighted by Gasteiger charge is -2.29. The molecule has 166 valence electrons. The van der Waals surface area contributed by atoms with Crippen molar-refractivity contribution in [1.82, 2.24) is 0 Å². The van der Waals surface area contributed by atoms with Crippen molar-refractivity contribution >= 4 is 11.9 Å². The molecule has 0 N–H and O–H groups in total. The molecule has 1 unspecified atom stereocenters. The van der Waals surface area contributed by atoms with Gasteiger partial charge in [0.25, 0.3) is 0 Å². The summed E-state index contributed by atoms with van der Waals surface area (Å²) in [7, 11) is 0. The summed E-state index contributed by atoms with van der Waals surface area (Å²) in [6.07, 6.45) is 14.5. The molecule has 4 nitrogen and oxygen atoms in total. The summed E-state index contributed by atoms with van der Waals surface area (Å²) in [4.78, 5) is 23.7. The van der Waals surface area contributed by atoms with Crippen LogP contribution in [0.25, 0.3) is 0 Å². The molecule has 0 aromatic carbocycles. The summed E-state index contributed by atoms with van der Waals surface area (Å²) in [5, 5.41) is 0. The summed E-state index contributed by atoms with van der Waals surface area (Å²) in [6, 6.07) is 0. The maximum atomic E-state index is 11.9. The second-order valence-corrected chi connectivity index (χ2v) is 9.01. The van der Waals surface area contributed by atoms with Crippen LogP contribution in [0.5, 0.6) is 0 Å². The Balaban J connectivity index is 3.54. The Kier molecular flexibility index (Phi) is 16.2. The van der Waals surface area contributed by atoms with Crippen LogP contribution in [0.2, 0.25) is 0 Å². The Morgan fingerprint density at radius 2 is 1.21 bits per heavy atom. The Bertz CT molecular complexity index is 398. The van der Waals surface area contributed by atoms with Gasteiger partial charge in [0, 0.05) is 12.8 Å². The SMILES string of the molecule is CCCCCCCCCCCCOC(=O)CCCC(=O)OC(CC)C(C)(C)C. The first kappa shape index (κ1) is 26.9. The van der Waals surface area contributed by atoms with Crippen molar-refractivity contribution in [2.45, 2.75) is 131 Å². The number of carbonyl (C=O) groups excluding carboxylic acids is 2. The van der Waals surface area contributed by atoms with Crippen molar-refractivity contribution < 1.29 is 19.1 Å². The van der Waals surface area contributed by atoms with Gasteiger partial charge >= 0.3 is 11.9 Å². The van der Waals surface area contributed by atoms with Crippen molar-refractivity contribution in [3.05, 3.63) is 0 Å². The highest BCUT2D eigenvalue weighted by molar-refractivity contribution is 5.72. The highest BCUT2D eigenvalue weighted by Crippen LogP contribution is 2.25. The standard InChI is InChI=1S/C24H46O4/c1-6-8-9-10-11-12-13-14-15-16-20-27-22(25)18-17-19-23(26)28-21(7-2)24(3,4)5/h21H,6-20H2,1-5H3. The van der Waals surface area contributed by atoms with Gasteiger partial charge in [-0.15, -0.1) is 0 Å². The number of esters is 2. The topological polar surface area (TPSA) is 52.6 Å². The lowest BCUT2D eigenvalue weighted by Crippen LogP contribution is -2.31. The van der Waals surface area contributed by atoms with Gasteiger partial charge in [0.15, 0.2) is 0 Å². The molecule has 0 aliphatic heterocycles. The van der Waals surface area contributed by atoms with E-state index >= 15 is 0 Å². The van der Waals surface area contributed by atoms with Crippen molar-refractivity contribution in [1.29, 1.82) is 0 Å². The normalized spacial score (nSPS) is 12.6. The molecule has 0 aromatic rings. The molecular weight excluding hydrogens is 352 g/mol. The average molecular weight is 399 g/mol. The predicted octanol–water partition coefficient (Wildman–Crippen LogP) is 6.99. The Hall–Kier alpha value is -1.06. The second-order valence-electron chi connectivity index (χ2n) is 9.01. The zero-order chi connectivity index (χ0) is 21.3. The van der Waals surface area contributed by atoms with Crippen LogP contribution < -0.4 is 0 Å². The van der Waals surface area contributed by atoms with Gasteiger partial charge in [-0.2, -0.15) is 0 Å². The van der Waals surface area contributed by atoms with Gasteiger partial charge in [0.1, 0.15) is 6.10 Å². The fraction of sp³-hybridized carbons (Fsp3) is 0.917. The third-order valence-corrected chi connectivity index (χ3v) is 5.13. The maximum absolute atomic E-state index is 11.9. The molecule has 0 saturated carbocycles. The van der Waals surface area contributed by atoms with Gasteiger partial charge in [-0.1, -0.05) is 92.4 Å². The molecule has 0 fully saturated rings. The third-order valence-electron chi connectivity index (χ3n) is 5.13. The van der Waals surface area contributed by atoms with Crippen LogP contribution >= 0.6 is 0 Å². The van der Waals surface area contributed by atoms with Crippen LogP contribution in [-0.2, 0) is 19.1 Å². The first-order valence-corrected chi connectivity index (χ1v) is 11.7. The van der Waals surface area contributed by atoms with Gasteiger partial charge in [0.05, 0.1) is 6.61 Å². The van der Waals surface area contributed by atoms with E-state index in [9.17, 15) is 9.59 Å². The van der Waals surface area contributed by atoms with Crippen LogP contribution in [0.1, 0.15) is 125 Å². The van der Waals surface area contributed by atoms with Crippen molar-refractivity contribution in [2.24, 2.45) is 5.41 Å². The molecule has 0 bridgehead atoms. The fourth-order valence-electron chi connectivity index (χ4n) is 3.31. The minimum Gasteiger partial charge on any atom is -0.466 e. The highest BCUT2D eigenvalue weighted by Gasteiger charge is 2.26. The largest absolute Gasteiger partial charge is 0.466 e. The van der Waals surface area contributed by atoms with Crippen molar-refractivity contribution in [2.75, 3.05) is 6.61 Å². The van der Waals surface area contributed by atoms with Crippen LogP contribution in [0, 0.1) is 5.41 Å². The molecule has 0 aliphatic carbocycles.